The Morgan fingerprint density at radius 2 is 1.91 bits per heavy atom. The zero-order valence-corrected chi connectivity index (χ0v) is 7.85. The van der Waals surface area contributed by atoms with E-state index in [1.807, 2.05) is 0 Å². The number of hydrogen-bond donors (Lipinski definition) is 1. The maximum atomic E-state index is 3.48. The predicted octanol–water partition coefficient (Wildman–Crippen LogP) is 1.89. The standard InChI is InChI=1S/C10H19N/c1-10(2,3)9-7-4-5-11-6-8(7)9/h7-9,11H,4-6H2,1-3H3. The summed E-state index contributed by atoms with van der Waals surface area (Å²) < 4.78 is 0. The van der Waals surface area contributed by atoms with Crippen molar-refractivity contribution in [3.05, 3.63) is 0 Å². The third kappa shape index (κ3) is 1.20. The van der Waals surface area contributed by atoms with Gasteiger partial charge < -0.3 is 5.32 Å². The fourth-order valence-electron chi connectivity index (χ4n) is 2.94. The van der Waals surface area contributed by atoms with Crippen molar-refractivity contribution in [2.75, 3.05) is 13.1 Å². The molecule has 0 aromatic carbocycles. The fourth-order valence-corrected chi connectivity index (χ4v) is 2.94. The molecule has 1 N–H and O–H groups in total. The summed E-state index contributed by atoms with van der Waals surface area (Å²) >= 11 is 0. The second kappa shape index (κ2) is 2.22. The summed E-state index contributed by atoms with van der Waals surface area (Å²) in [4.78, 5) is 0. The molecule has 1 aliphatic heterocycles. The van der Waals surface area contributed by atoms with Crippen LogP contribution in [0, 0.1) is 23.2 Å². The minimum Gasteiger partial charge on any atom is -0.316 e. The molecule has 3 atom stereocenters. The quantitative estimate of drug-likeness (QED) is 0.560. The first-order chi connectivity index (χ1) is 5.11. The van der Waals surface area contributed by atoms with E-state index in [-0.39, 0.29) is 0 Å². The molecule has 2 fully saturated rings. The molecule has 1 heteroatoms. The maximum Gasteiger partial charge on any atom is -0.00148 e. The highest BCUT2D eigenvalue weighted by molar-refractivity contribution is 5.05. The van der Waals surface area contributed by atoms with Crippen molar-refractivity contribution >= 4 is 0 Å². The monoisotopic (exact) mass is 153 g/mol. The molecule has 0 bridgehead atoms. The van der Waals surface area contributed by atoms with Crippen LogP contribution in [0.5, 0.6) is 0 Å². The second-order valence-electron chi connectivity index (χ2n) is 5.21. The lowest BCUT2D eigenvalue weighted by atomic mass is 9.88. The van der Waals surface area contributed by atoms with E-state index in [9.17, 15) is 0 Å². The van der Waals surface area contributed by atoms with E-state index < -0.39 is 0 Å². The molecule has 0 radical (unpaired) electrons. The Hall–Kier alpha value is -0.0400. The summed E-state index contributed by atoms with van der Waals surface area (Å²) in [7, 11) is 0. The summed E-state index contributed by atoms with van der Waals surface area (Å²) in [6.07, 6.45) is 1.42. The number of fused-ring (bicyclic) bond motifs is 1. The van der Waals surface area contributed by atoms with E-state index in [1.165, 1.54) is 19.5 Å². The van der Waals surface area contributed by atoms with Crippen molar-refractivity contribution in [1.29, 1.82) is 0 Å². The summed E-state index contributed by atoms with van der Waals surface area (Å²) in [5.74, 6) is 3.09. The van der Waals surface area contributed by atoms with Gasteiger partial charge in [-0.05, 0) is 42.7 Å². The molecule has 2 aliphatic rings. The van der Waals surface area contributed by atoms with Crippen molar-refractivity contribution in [2.45, 2.75) is 27.2 Å². The van der Waals surface area contributed by atoms with Gasteiger partial charge in [-0.3, -0.25) is 0 Å². The highest BCUT2D eigenvalue weighted by Crippen LogP contribution is 2.58. The molecule has 0 amide bonds. The van der Waals surface area contributed by atoms with E-state index >= 15 is 0 Å². The van der Waals surface area contributed by atoms with E-state index in [0.29, 0.717) is 5.41 Å². The molecule has 3 unspecified atom stereocenters. The average molecular weight is 153 g/mol. The van der Waals surface area contributed by atoms with Crippen LogP contribution < -0.4 is 5.32 Å². The molecule has 0 spiro atoms. The molecule has 1 aliphatic carbocycles. The highest BCUT2D eigenvalue weighted by Gasteiger charge is 2.55. The number of hydrogen-bond acceptors (Lipinski definition) is 1. The third-order valence-corrected chi connectivity index (χ3v) is 3.37. The topological polar surface area (TPSA) is 12.0 Å². The molecule has 64 valence electrons. The van der Waals surface area contributed by atoms with E-state index in [0.717, 1.165) is 17.8 Å². The van der Waals surface area contributed by atoms with Gasteiger partial charge in [0.25, 0.3) is 0 Å². The second-order valence-corrected chi connectivity index (χ2v) is 5.21. The Bertz CT molecular complexity index is 145. The van der Waals surface area contributed by atoms with Crippen molar-refractivity contribution in [3.63, 3.8) is 0 Å². The van der Waals surface area contributed by atoms with Crippen LogP contribution in [0.1, 0.15) is 27.2 Å². The van der Waals surface area contributed by atoms with Gasteiger partial charge in [-0.25, -0.2) is 0 Å². The van der Waals surface area contributed by atoms with Gasteiger partial charge in [-0.1, -0.05) is 20.8 Å². The minimum atomic E-state index is 0.557. The fraction of sp³-hybridized carbons (Fsp3) is 1.00. The Balaban J connectivity index is 2.00. The Morgan fingerprint density at radius 1 is 1.18 bits per heavy atom. The molecule has 2 rings (SSSR count). The lowest BCUT2D eigenvalue weighted by Crippen LogP contribution is -2.23. The molecule has 1 heterocycles. The van der Waals surface area contributed by atoms with E-state index in [2.05, 4.69) is 26.1 Å². The molecular weight excluding hydrogens is 134 g/mol. The summed E-state index contributed by atoms with van der Waals surface area (Å²) in [6.45, 7) is 9.70. The summed E-state index contributed by atoms with van der Waals surface area (Å²) in [5.41, 5.74) is 0.557. The number of rotatable bonds is 0. The van der Waals surface area contributed by atoms with Gasteiger partial charge in [0.2, 0.25) is 0 Å². The van der Waals surface area contributed by atoms with Gasteiger partial charge in [0.1, 0.15) is 0 Å². The van der Waals surface area contributed by atoms with Crippen LogP contribution in [0.3, 0.4) is 0 Å². The van der Waals surface area contributed by atoms with Crippen LogP contribution in [-0.2, 0) is 0 Å². The molecule has 0 aromatic heterocycles. The largest absolute Gasteiger partial charge is 0.316 e. The zero-order valence-electron chi connectivity index (χ0n) is 7.85. The molecule has 1 saturated carbocycles. The van der Waals surface area contributed by atoms with Gasteiger partial charge >= 0.3 is 0 Å². The summed E-state index contributed by atoms with van der Waals surface area (Å²) in [6, 6.07) is 0. The zero-order chi connectivity index (χ0) is 8.06. The molecule has 0 aromatic rings. The van der Waals surface area contributed by atoms with Crippen LogP contribution in [0.15, 0.2) is 0 Å². The first kappa shape index (κ1) is 7.60. The smallest absolute Gasteiger partial charge is 0.00148 e. The van der Waals surface area contributed by atoms with Crippen LogP contribution in [0.4, 0.5) is 0 Å². The van der Waals surface area contributed by atoms with Crippen molar-refractivity contribution in [1.82, 2.24) is 5.32 Å². The lowest BCUT2D eigenvalue weighted by molar-refractivity contribution is 0.320. The predicted molar refractivity (Wildman–Crippen MR) is 47.4 cm³/mol. The van der Waals surface area contributed by atoms with Crippen LogP contribution >= 0.6 is 0 Å². The molecular formula is C10H19N. The van der Waals surface area contributed by atoms with Gasteiger partial charge in [0.05, 0.1) is 0 Å². The SMILES string of the molecule is CC(C)(C)C1C2CCNCC21. The van der Waals surface area contributed by atoms with Crippen molar-refractivity contribution in [3.8, 4) is 0 Å². The van der Waals surface area contributed by atoms with Crippen molar-refractivity contribution in [2.24, 2.45) is 23.2 Å². The first-order valence-electron chi connectivity index (χ1n) is 4.81. The van der Waals surface area contributed by atoms with Crippen LogP contribution in [0.25, 0.3) is 0 Å². The Labute approximate surface area is 69.6 Å². The molecule has 1 nitrogen and oxygen atoms in total. The number of nitrogens with one attached hydrogen (secondary N) is 1. The number of piperidine rings is 1. The Morgan fingerprint density at radius 3 is 2.36 bits per heavy atom. The van der Waals surface area contributed by atoms with Gasteiger partial charge in [-0.15, -0.1) is 0 Å². The highest BCUT2D eigenvalue weighted by atomic mass is 14.9. The molecule has 11 heavy (non-hydrogen) atoms. The van der Waals surface area contributed by atoms with Crippen LogP contribution in [-0.4, -0.2) is 13.1 Å². The molecule has 1 saturated heterocycles. The minimum absolute atomic E-state index is 0.557. The normalized spacial score (nSPS) is 43.4. The maximum absolute atomic E-state index is 3.48. The first-order valence-corrected chi connectivity index (χ1v) is 4.81. The van der Waals surface area contributed by atoms with E-state index in [4.69, 9.17) is 0 Å². The Kier molecular flexibility index (Phi) is 1.54. The summed E-state index contributed by atoms with van der Waals surface area (Å²) in [5, 5.41) is 3.48. The lowest BCUT2D eigenvalue weighted by Gasteiger charge is -2.18. The average Bonchev–Trinajstić information content (AvgIpc) is 2.58. The van der Waals surface area contributed by atoms with Gasteiger partial charge in [0, 0.05) is 0 Å². The third-order valence-electron chi connectivity index (χ3n) is 3.37. The van der Waals surface area contributed by atoms with E-state index in [1.54, 1.807) is 0 Å². The van der Waals surface area contributed by atoms with Gasteiger partial charge in [0.15, 0.2) is 0 Å². The van der Waals surface area contributed by atoms with Crippen LogP contribution in [0.2, 0.25) is 0 Å². The van der Waals surface area contributed by atoms with Gasteiger partial charge in [-0.2, -0.15) is 0 Å². The van der Waals surface area contributed by atoms with Crippen molar-refractivity contribution < 1.29 is 0 Å².